The molecule has 0 radical (unpaired) electrons. The summed E-state index contributed by atoms with van der Waals surface area (Å²) in [5.41, 5.74) is 0.820. The first-order valence-electron chi connectivity index (χ1n) is 9.88. The molecule has 0 spiro atoms. The van der Waals surface area contributed by atoms with Crippen molar-refractivity contribution in [3.63, 3.8) is 0 Å². The SMILES string of the molecule is CCC(C(=O)NCC1CCN(c2cnn(C)c(=O)c2)CC1)N1CCCC1. The monoisotopic (exact) mass is 361 g/mol. The topological polar surface area (TPSA) is 70.5 Å². The fraction of sp³-hybridized carbons (Fsp3) is 0.737. The van der Waals surface area contributed by atoms with Crippen LogP contribution in [0, 0.1) is 5.92 Å². The number of rotatable bonds is 6. The second-order valence-corrected chi connectivity index (χ2v) is 7.52. The Balaban J connectivity index is 1.45. The molecule has 2 aliphatic rings. The number of anilines is 1. The van der Waals surface area contributed by atoms with Gasteiger partial charge in [-0.15, -0.1) is 0 Å². The molecule has 7 heteroatoms. The van der Waals surface area contributed by atoms with Crippen LogP contribution in [0.5, 0.6) is 0 Å². The lowest BCUT2D eigenvalue weighted by atomic mass is 9.96. The molecular formula is C19H31N5O2. The van der Waals surface area contributed by atoms with Crippen LogP contribution in [0.1, 0.15) is 39.0 Å². The van der Waals surface area contributed by atoms with Crippen molar-refractivity contribution in [1.82, 2.24) is 20.0 Å². The summed E-state index contributed by atoms with van der Waals surface area (Å²) in [5, 5.41) is 7.29. The van der Waals surface area contributed by atoms with Crippen LogP contribution in [0.15, 0.2) is 17.1 Å². The molecule has 0 bridgehead atoms. The van der Waals surface area contributed by atoms with Crippen molar-refractivity contribution in [2.75, 3.05) is 37.6 Å². The second-order valence-electron chi connectivity index (χ2n) is 7.52. The summed E-state index contributed by atoms with van der Waals surface area (Å²) in [6, 6.07) is 1.68. The van der Waals surface area contributed by atoms with E-state index in [9.17, 15) is 9.59 Å². The van der Waals surface area contributed by atoms with Crippen molar-refractivity contribution in [2.24, 2.45) is 13.0 Å². The highest BCUT2D eigenvalue weighted by Gasteiger charge is 2.27. The number of nitrogens with one attached hydrogen (secondary N) is 1. The van der Waals surface area contributed by atoms with Crippen molar-refractivity contribution in [3.05, 3.63) is 22.6 Å². The molecule has 7 nitrogen and oxygen atoms in total. The first-order valence-corrected chi connectivity index (χ1v) is 9.88. The number of nitrogens with zero attached hydrogens (tertiary/aromatic N) is 4. The van der Waals surface area contributed by atoms with Crippen LogP contribution in [0.25, 0.3) is 0 Å². The first kappa shape index (κ1) is 18.9. The van der Waals surface area contributed by atoms with Gasteiger partial charge >= 0.3 is 0 Å². The molecule has 1 aromatic heterocycles. The zero-order valence-electron chi connectivity index (χ0n) is 16.0. The Morgan fingerprint density at radius 1 is 1.27 bits per heavy atom. The molecule has 1 amide bonds. The van der Waals surface area contributed by atoms with E-state index in [1.54, 1.807) is 19.3 Å². The standard InChI is InChI=1S/C19H31N5O2/c1-3-17(24-8-4-5-9-24)19(26)20-13-15-6-10-23(11-7-15)16-12-18(25)22(2)21-14-16/h12,14-15,17H,3-11,13H2,1-2H3,(H,20,26). The van der Waals surface area contributed by atoms with Gasteiger partial charge in [0.05, 0.1) is 17.9 Å². The highest BCUT2D eigenvalue weighted by molar-refractivity contribution is 5.81. The molecule has 1 aromatic rings. The largest absolute Gasteiger partial charge is 0.370 e. The summed E-state index contributed by atoms with van der Waals surface area (Å²) in [5.74, 6) is 0.693. The molecule has 2 fully saturated rings. The van der Waals surface area contributed by atoms with Gasteiger partial charge in [0.2, 0.25) is 5.91 Å². The minimum atomic E-state index is -0.0793. The van der Waals surface area contributed by atoms with Gasteiger partial charge in [-0.2, -0.15) is 5.10 Å². The molecule has 0 aromatic carbocycles. The number of aryl methyl sites for hydroxylation is 1. The zero-order chi connectivity index (χ0) is 18.5. The summed E-state index contributed by atoms with van der Waals surface area (Å²) >= 11 is 0. The summed E-state index contributed by atoms with van der Waals surface area (Å²) in [6.45, 7) is 6.76. The Kier molecular flexibility index (Phi) is 6.29. The highest BCUT2D eigenvalue weighted by Crippen LogP contribution is 2.21. The van der Waals surface area contributed by atoms with Gasteiger partial charge < -0.3 is 10.2 Å². The highest BCUT2D eigenvalue weighted by atomic mass is 16.2. The number of carbonyl (C=O) groups excluding carboxylic acids is 1. The summed E-state index contributed by atoms with van der Waals surface area (Å²) in [6.07, 6.45) is 7.09. The predicted molar refractivity (Wildman–Crippen MR) is 102 cm³/mol. The number of hydrogen-bond acceptors (Lipinski definition) is 5. The molecule has 1 unspecified atom stereocenters. The Morgan fingerprint density at radius 2 is 1.96 bits per heavy atom. The van der Waals surface area contributed by atoms with Gasteiger partial charge in [-0.1, -0.05) is 6.92 Å². The molecule has 1 atom stereocenters. The van der Waals surface area contributed by atoms with Crippen molar-refractivity contribution < 1.29 is 4.79 Å². The van der Waals surface area contributed by atoms with Crippen molar-refractivity contribution in [3.8, 4) is 0 Å². The zero-order valence-corrected chi connectivity index (χ0v) is 16.0. The van der Waals surface area contributed by atoms with Crippen LogP contribution in [0.3, 0.4) is 0 Å². The molecule has 0 saturated carbocycles. The van der Waals surface area contributed by atoms with Gasteiger partial charge in [-0.05, 0) is 51.1 Å². The molecular weight excluding hydrogens is 330 g/mol. The normalized spacial score (nSPS) is 20.3. The minimum absolute atomic E-state index is 0.0317. The molecule has 26 heavy (non-hydrogen) atoms. The third-order valence-electron chi connectivity index (χ3n) is 5.77. The Labute approximate surface area is 155 Å². The van der Waals surface area contributed by atoms with E-state index in [1.165, 1.54) is 17.5 Å². The number of piperidine rings is 1. The maximum absolute atomic E-state index is 12.6. The van der Waals surface area contributed by atoms with E-state index in [2.05, 4.69) is 27.1 Å². The van der Waals surface area contributed by atoms with Crippen LogP contribution in [-0.4, -0.2) is 59.4 Å². The van der Waals surface area contributed by atoms with E-state index >= 15 is 0 Å². The summed E-state index contributed by atoms with van der Waals surface area (Å²) in [4.78, 5) is 28.8. The molecule has 1 N–H and O–H groups in total. The molecule has 144 valence electrons. The Hall–Kier alpha value is -1.89. The third-order valence-corrected chi connectivity index (χ3v) is 5.77. The van der Waals surface area contributed by atoms with Crippen molar-refractivity contribution in [2.45, 2.75) is 45.1 Å². The van der Waals surface area contributed by atoms with Crippen LogP contribution in [0.4, 0.5) is 5.69 Å². The maximum atomic E-state index is 12.6. The van der Waals surface area contributed by atoms with E-state index in [-0.39, 0.29) is 17.5 Å². The van der Waals surface area contributed by atoms with E-state index < -0.39 is 0 Å². The van der Waals surface area contributed by atoms with Crippen LogP contribution < -0.4 is 15.8 Å². The van der Waals surface area contributed by atoms with E-state index in [0.717, 1.165) is 57.7 Å². The molecule has 3 rings (SSSR count). The molecule has 3 heterocycles. The van der Waals surface area contributed by atoms with Gasteiger partial charge in [-0.25, -0.2) is 4.68 Å². The van der Waals surface area contributed by atoms with E-state index in [0.29, 0.717) is 5.92 Å². The molecule has 0 aliphatic carbocycles. The summed E-state index contributed by atoms with van der Waals surface area (Å²) in [7, 11) is 1.66. The quantitative estimate of drug-likeness (QED) is 0.818. The number of likely N-dealkylation sites (tertiary alicyclic amines) is 1. The lowest BCUT2D eigenvalue weighted by molar-refractivity contribution is -0.126. The van der Waals surface area contributed by atoms with Crippen molar-refractivity contribution in [1.29, 1.82) is 0 Å². The van der Waals surface area contributed by atoms with Crippen LogP contribution >= 0.6 is 0 Å². The fourth-order valence-electron chi connectivity index (χ4n) is 4.05. The Bertz CT molecular complexity index is 660. The van der Waals surface area contributed by atoms with Gasteiger partial charge in [0.15, 0.2) is 0 Å². The third kappa shape index (κ3) is 4.44. The number of aromatic nitrogens is 2. The molecule has 2 saturated heterocycles. The number of hydrogen-bond donors (Lipinski definition) is 1. The Morgan fingerprint density at radius 3 is 2.58 bits per heavy atom. The first-order chi connectivity index (χ1) is 12.6. The smallest absolute Gasteiger partial charge is 0.268 e. The van der Waals surface area contributed by atoms with E-state index in [4.69, 9.17) is 0 Å². The predicted octanol–water partition coefficient (Wildman–Crippen LogP) is 0.987. The van der Waals surface area contributed by atoms with E-state index in [1.807, 2.05) is 0 Å². The van der Waals surface area contributed by atoms with Gasteiger partial charge in [0.1, 0.15) is 0 Å². The van der Waals surface area contributed by atoms with Crippen LogP contribution in [-0.2, 0) is 11.8 Å². The lowest BCUT2D eigenvalue weighted by Gasteiger charge is -2.34. The average molecular weight is 361 g/mol. The average Bonchev–Trinajstić information content (AvgIpc) is 3.18. The molecule has 2 aliphatic heterocycles. The second kappa shape index (κ2) is 8.66. The minimum Gasteiger partial charge on any atom is -0.370 e. The van der Waals surface area contributed by atoms with Gasteiger partial charge in [0, 0.05) is 32.7 Å². The van der Waals surface area contributed by atoms with Crippen molar-refractivity contribution >= 4 is 11.6 Å². The fourth-order valence-corrected chi connectivity index (χ4v) is 4.05. The summed E-state index contributed by atoms with van der Waals surface area (Å²) < 4.78 is 1.34. The lowest BCUT2D eigenvalue weighted by Crippen LogP contribution is -2.47. The maximum Gasteiger partial charge on any atom is 0.268 e. The van der Waals surface area contributed by atoms with Gasteiger partial charge in [-0.3, -0.25) is 14.5 Å². The van der Waals surface area contributed by atoms with Gasteiger partial charge in [0.25, 0.3) is 5.56 Å². The number of amides is 1. The van der Waals surface area contributed by atoms with Crippen LogP contribution in [0.2, 0.25) is 0 Å². The number of carbonyl (C=O) groups is 1.